The van der Waals surface area contributed by atoms with E-state index in [1.807, 2.05) is 66.3 Å². The Morgan fingerprint density at radius 3 is 2.86 bits per heavy atom. The molecule has 2 aromatic carbocycles. The van der Waals surface area contributed by atoms with E-state index in [0.717, 1.165) is 16.5 Å². The van der Waals surface area contributed by atoms with Crippen LogP contribution in [-0.2, 0) is 13.6 Å². The summed E-state index contributed by atoms with van der Waals surface area (Å²) in [4.78, 5) is 12.2. The molecule has 0 aliphatic rings. The molecule has 3 aromatic rings. The molecule has 0 radical (unpaired) electrons. The second-order valence-electron chi connectivity index (χ2n) is 5.01. The van der Waals surface area contributed by atoms with Crippen molar-refractivity contribution < 1.29 is 4.79 Å². The smallest absolute Gasteiger partial charge is 0.251 e. The molecule has 1 N–H and O–H groups in total. The number of aromatic nitrogens is 1. The van der Waals surface area contributed by atoms with Crippen LogP contribution in [0.3, 0.4) is 0 Å². The molecule has 3 nitrogen and oxygen atoms in total. The summed E-state index contributed by atoms with van der Waals surface area (Å²) in [5.41, 5.74) is 2.76. The van der Waals surface area contributed by atoms with Gasteiger partial charge in [-0.1, -0.05) is 23.7 Å². The first-order chi connectivity index (χ1) is 10.1. The van der Waals surface area contributed by atoms with Gasteiger partial charge in [0.1, 0.15) is 0 Å². The number of amides is 1. The molecule has 0 atom stereocenters. The van der Waals surface area contributed by atoms with Gasteiger partial charge in [-0.2, -0.15) is 0 Å². The van der Waals surface area contributed by atoms with Gasteiger partial charge in [0.05, 0.1) is 0 Å². The number of hydrogen-bond donors (Lipinski definition) is 1. The van der Waals surface area contributed by atoms with Crippen LogP contribution in [0.2, 0.25) is 5.02 Å². The van der Waals surface area contributed by atoms with Crippen molar-refractivity contribution in [1.29, 1.82) is 0 Å². The minimum absolute atomic E-state index is 0.0827. The van der Waals surface area contributed by atoms with Gasteiger partial charge >= 0.3 is 0 Å². The number of rotatable bonds is 3. The molecule has 0 spiro atoms. The van der Waals surface area contributed by atoms with E-state index in [1.165, 1.54) is 0 Å². The summed E-state index contributed by atoms with van der Waals surface area (Å²) in [5, 5.41) is 4.65. The van der Waals surface area contributed by atoms with Crippen molar-refractivity contribution in [3.05, 3.63) is 70.9 Å². The molecule has 1 aromatic heterocycles. The van der Waals surface area contributed by atoms with E-state index < -0.39 is 0 Å². The van der Waals surface area contributed by atoms with Crippen molar-refractivity contribution in [1.82, 2.24) is 9.88 Å². The summed E-state index contributed by atoms with van der Waals surface area (Å²) in [6.45, 7) is 0.465. The third kappa shape index (κ3) is 2.93. The average molecular weight is 299 g/mol. The predicted molar refractivity (Wildman–Crippen MR) is 85.5 cm³/mol. The number of carbonyl (C=O) groups is 1. The first kappa shape index (κ1) is 13.7. The van der Waals surface area contributed by atoms with Gasteiger partial charge in [-0.3, -0.25) is 4.79 Å². The Labute approximate surface area is 128 Å². The van der Waals surface area contributed by atoms with Crippen LogP contribution in [0.1, 0.15) is 15.9 Å². The molecule has 3 rings (SSSR count). The molecule has 1 amide bonds. The van der Waals surface area contributed by atoms with Crippen LogP contribution >= 0.6 is 11.6 Å². The van der Waals surface area contributed by atoms with E-state index in [9.17, 15) is 4.79 Å². The minimum Gasteiger partial charge on any atom is -0.351 e. The van der Waals surface area contributed by atoms with Crippen molar-refractivity contribution >= 4 is 28.4 Å². The molecular formula is C17H15ClN2O. The summed E-state index contributed by atoms with van der Waals surface area (Å²) in [6, 6.07) is 15.2. The zero-order chi connectivity index (χ0) is 14.8. The van der Waals surface area contributed by atoms with E-state index in [0.29, 0.717) is 17.1 Å². The molecule has 21 heavy (non-hydrogen) atoms. The van der Waals surface area contributed by atoms with Crippen molar-refractivity contribution in [2.45, 2.75) is 6.54 Å². The lowest BCUT2D eigenvalue weighted by molar-refractivity contribution is 0.0951. The molecule has 106 valence electrons. The fourth-order valence-corrected chi connectivity index (χ4v) is 2.57. The zero-order valence-electron chi connectivity index (χ0n) is 11.6. The number of hydrogen-bond acceptors (Lipinski definition) is 1. The highest BCUT2D eigenvalue weighted by molar-refractivity contribution is 6.30. The highest BCUT2D eigenvalue weighted by Crippen LogP contribution is 2.17. The standard InChI is InChI=1S/C17H15ClN2O/c1-20-8-7-13-10-14(5-6-16(13)20)17(21)19-11-12-3-2-4-15(18)9-12/h2-10H,11H2,1H3,(H,19,21). The van der Waals surface area contributed by atoms with Gasteiger partial charge in [-0.15, -0.1) is 0 Å². The third-order valence-electron chi connectivity index (χ3n) is 3.49. The Hall–Kier alpha value is -2.26. The number of halogens is 1. The summed E-state index contributed by atoms with van der Waals surface area (Å²) < 4.78 is 2.03. The monoisotopic (exact) mass is 298 g/mol. The van der Waals surface area contributed by atoms with Crippen molar-refractivity contribution in [2.24, 2.45) is 7.05 Å². The van der Waals surface area contributed by atoms with Crippen LogP contribution in [0.25, 0.3) is 10.9 Å². The van der Waals surface area contributed by atoms with E-state index in [2.05, 4.69) is 5.32 Å². The van der Waals surface area contributed by atoms with Gasteiger partial charge in [0.2, 0.25) is 0 Å². The predicted octanol–water partition coefficient (Wildman–Crippen LogP) is 3.76. The number of benzene rings is 2. The van der Waals surface area contributed by atoms with E-state index >= 15 is 0 Å². The summed E-state index contributed by atoms with van der Waals surface area (Å²) in [7, 11) is 1.99. The second-order valence-corrected chi connectivity index (χ2v) is 5.45. The highest BCUT2D eigenvalue weighted by Gasteiger charge is 2.07. The van der Waals surface area contributed by atoms with Crippen molar-refractivity contribution in [3.8, 4) is 0 Å². The summed E-state index contributed by atoms with van der Waals surface area (Å²) in [6.07, 6.45) is 1.98. The molecular weight excluding hydrogens is 284 g/mol. The largest absolute Gasteiger partial charge is 0.351 e. The Morgan fingerprint density at radius 2 is 2.05 bits per heavy atom. The molecule has 0 unspecified atom stereocenters. The molecule has 4 heteroatoms. The van der Waals surface area contributed by atoms with Crippen molar-refractivity contribution in [2.75, 3.05) is 0 Å². The quantitative estimate of drug-likeness (QED) is 0.785. The van der Waals surface area contributed by atoms with Crippen LogP contribution in [0.5, 0.6) is 0 Å². The maximum atomic E-state index is 12.2. The lowest BCUT2D eigenvalue weighted by Crippen LogP contribution is -2.22. The first-order valence-electron chi connectivity index (χ1n) is 6.71. The fraction of sp³-hybridized carbons (Fsp3) is 0.118. The molecule has 0 aliphatic heterocycles. The zero-order valence-corrected chi connectivity index (χ0v) is 12.4. The van der Waals surface area contributed by atoms with Gasteiger partial charge in [0.25, 0.3) is 5.91 Å². The molecule has 0 fully saturated rings. The van der Waals surface area contributed by atoms with Crippen molar-refractivity contribution in [3.63, 3.8) is 0 Å². The molecule has 0 saturated carbocycles. The van der Waals surface area contributed by atoms with E-state index in [4.69, 9.17) is 11.6 Å². The third-order valence-corrected chi connectivity index (χ3v) is 3.72. The lowest BCUT2D eigenvalue weighted by Gasteiger charge is -2.06. The van der Waals surface area contributed by atoms with Gasteiger partial charge < -0.3 is 9.88 Å². The van der Waals surface area contributed by atoms with Crippen LogP contribution in [-0.4, -0.2) is 10.5 Å². The second kappa shape index (κ2) is 5.62. The average Bonchev–Trinajstić information content (AvgIpc) is 2.86. The molecule has 0 bridgehead atoms. The number of nitrogens with zero attached hydrogens (tertiary/aromatic N) is 1. The Balaban J connectivity index is 1.74. The maximum Gasteiger partial charge on any atom is 0.251 e. The van der Waals surface area contributed by atoms with Crippen LogP contribution in [0.15, 0.2) is 54.7 Å². The molecule has 0 saturated heterocycles. The summed E-state index contributed by atoms with van der Waals surface area (Å²) in [5.74, 6) is -0.0827. The Kier molecular flexibility index (Phi) is 3.67. The molecule has 0 aliphatic carbocycles. The number of nitrogens with one attached hydrogen (secondary N) is 1. The highest BCUT2D eigenvalue weighted by atomic mass is 35.5. The minimum atomic E-state index is -0.0827. The van der Waals surface area contributed by atoms with Gasteiger partial charge in [0.15, 0.2) is 0 Å². The molecule has 1 heterocycles. The number of fused-ring (bicyclic) bond motifs is 1. The van der Waals surface area contributed by atoms with Gasteiger partial charge in [-0.05, 0) is 42.0 Å². The van der Waals surface area contributed by atoms with Crippen LogP contribution in [0.4, 0.5) is 0 Å². The first-order valence-corrected chi connectivity index (χ1v) is 7.09. The van der Waals surface area contributed by atoms with Crippen LogP contribution < -0.4 is 5.32 Å². The number of aryl methyl sites for hydroxylation is 1. The van der Waals surface area contributed by atoms with Gasteiger partial charge in [0, 0.05) is 41.3 Å². The van der Waals surface area contributed by atoms with E-state index in [-0.39, 0.29) is 5.91 Å². The normalized spacial score (nSPS) is 10.8. The SMILES string of the molecule is Cn1ccc2cc(C(=O)NCc3cccc(Cl)c3)ccc21. The Bertz CT molecular complexity index is 807. The van der Waals surface area contributed by atoms with Crippen LogP contribution in [0, 0.1) is 0 Å². The lowest BCUT2D eigenvalue weighted by atomic mass is 10.1. The fourth-order valence-electron chi connectivity index (χ4n) is 2.35. The van der Waals surface area contributed by atoms with Gasteiger partial charge in [-0.25, -0.2) is 0 Å². The van der Waals surface area contributed by atoms with E-state index in [1.54, 1.807) is 0 Å². The number of carbonyl (C=O) groups excluding carboxylic acids is 1. The topological polar surface area (TPSA) is 34.0 Å². The Morgan fingerprint density at radius 1 is 1.19 bits per heavy atom. The maximum absolute atomic E-state index is 12.2. The summed E-state index contributed by atoms with van der Waals surface area (Å²) >= 11 is 5.93.